The van der Waals surface area contributed by atoms with Crippen molar-refractivity contribution in [3.8, 4) is 6.07 Å². The molecule has 3 nitrogen and oxygen atoms in total. The van der Waals surface area contributed by atoms with Crippen LogP contribution < -0.4 is 5.32 Å². The van der Waals surface area contributed by atoms with Crippen LogP contribution in [0.5, 0.6) is 0 Å². The van der Waals surface area contributed by atoms with Gasteiger partial charge in [0, 0.05) is 0 Å². The molecule has 1 rings (SSSR count). The summed E-state index contributed by atoms with van der Waals surface area (Å²) in [4.78, 5) is 11.8. The minimum Gasteiger partial charge on any atom is -0.323 e. The summed E-state index contributed by atoms with van der Waals surface area (Å²) in [7, 11) is 0. The highest BCUT2D eigenvalue weighted by Crippen LogP contribution is 2.26. The molecule has 1 aromatic rings. The molecule has 90 valence electrons. The second kappa shape index (κ2) is 5.15. The van der Waals surface area contributed by atoms with Crippen molar-refractivity contribution in [3.05, 3.63) is 29.0 Å². The maximum absolute atomic E-state index is 13.0. The fourth-order valence-electron chi connectivity index (χ4n) is 1.14. The molecule has 0 aliphatic rings. The molecule has 0 saturated heterocycles. The van der Waals surface area contributed by atoms with Crippen molar-refractivity contribution in [1.82, 2.24) is 0 Å². The number of nitriles is 1. The van der Waals surface area contributed by atoms with E-state index in [2.05, 4.69) is 5.32 Å². The third kappa shape index (κ3) is 2.95. The highest BCUT2D eigenvalue weighted by atomic mass is 35.5. The number of carbonyl (C=O) groups excluding carboxylic acids is 1. The summed E-state index contributed by atoms with van der Waals surface area (Å²) in [6, 6.07) is 5.60. The van der Waals surface area contributed by atoms with Gasteiger partial charge in [0.25, 0.3) is 0 Å². The maximum atomic E-state index is 13.0. The summed E-state index contributed by atoms with van der Waals surface area (Å²) in [6.45, 7) is 3.26. The SMILES string of the molecule is CCC(C)(C#N)C(=O)Nc1cc(F)ccc1Cl. The number of hydrogen-bond donors (Lipinski definition) is 1. The predicted octanol–water partition coefficient (Wildman–Crippen LogP) is 3.36. The summed E-state index contributed by atoms with van der Waals surface area (Å²) in [5.74, 6) is -0.991. The average molecular weight is 255 g/mol. The number of carbonyl (C=O) groups is 1. The van der Waals surface area contributed by atoms with Crippen molar-refractivity contribution in [2.45, 2.75) is 20.3 Å². The molecule has 0 heterocycles. The molecular formula is C12H12ClFN2O. The van der Waals surface area contributed by atoms with Crippen LogP contribution in [0.3, 0.4) is 0 Å². The number of hydrogen-bond acceptors (Lipinski definition) is 2. The van der Waals surface area contributed by atoms with E-state index in [1.165, 1.54) is 19.1 Å². The monoisotopic (exact) mass is 254 g/mol. The lowest BCUT2D eigenvalue weighted by Gasteiger charge is -2.19. The minimum atomic E-state index is -1.14. The van der Waals surface area contributed by atoms with E-state index < -0.39 is 17.1 Å². The number of benzene rings is 1. The fourth-order valence-corrected chi connectivity index (χ4v) is 1.31. The van der Waals surface area contributed by atoms with Crippen molar-refractivity contribution in [1.29, 1.82) is 5.26 Å². The Labute approximate surface area is 104 Å². The molecule has 0 aliphatic carbocycles. The van der Waals surface area contributed by atoms with Crippen molar-refractivity contribution in [2.24, 2.45) is 5.41 Å². The lowest BCUT2D eigenvalue weighted by molar-refractivity contribution is -0.122. The largest absolute Gasteiger partial charge is 0.323 e. The van der Waals surface area contributed by atoms with E-state index in [1.54, 1.807) is 6.92 Å². The fraction of sp³-hybridized carbons (Fsp3) is 0.333. The van der Waals surface area contributed by atoms with E-state index in [4.69, 9.17) is 16.9 Å². The van der Waals surface area contributed by atoms with E-state index >= 15 is 0 Å². The molecule has 0 saturated carbocycles. The number of amides is 1. The molecule has 1 amide bonds. The number of nitrogens with zero attached hydrogens (tertiary/aromatic N) is 1. The summed E-state index contributed by atoms with van der Waals surface area (Å²) >= 11 is 5.81. The van der Waals surface area contributed by atoms with Crippen LogP contribution in [0.2, 0.25) is 5.02 Å². The lowest BCUT2D eigenvalue weighted by Crippen LogP contribution is -2.31. The quantitative estimate of drug-likeness (QED) is 0.899. The molecule has 0 bridgehead atoms. The lowest BCUT2D eigenvalue weighted by atomic mass is 9.88. The van der Waals surface area contributed by atoms with Gasteiger partial charge >= 0.3 is 0 Å². The van der Waals surface area contributed by atoms with E-state index in [0.29, 0.717) is 6.42 Å². The van der Waals surface area contributed by atoms with Crippen LogP contribution in [-0.4, -0.2) is 5.91 Å². The minimum absolute atomic E-state index is 0.173. The Balaban J connectivity index is 2.96. The molecule has 5 heteroatoms. The zero-order chi connectivity index (χ0) is 13.1. The van der Waals surface area contributed by atoms with E-state index in [9.17, 15) is 9.18 Å². The topological polar surface area (TPSA) is 52.9 Å². The molecular weight excluding hydrogens is 243 g/mol. The third-order valence-corrected chi connectivity index (χ3v) is 2.96. The number of anilines is 1. The molecule has 1 unspecified atom stereocenters. The average Bonchev–Trinajstić information content (AvgIpc) is 2.32. The molecule has 0 spiro atoms. The number of rotatable bonds is 3. The second-order valence-electron chi connectivity index (χ2n) is 3.88. The summed E-state index contributed by atoms with van der Waals surface area (Å²) < 4.78 is 13.0. The van der Waals surface area contributed by atoms with Gasteiger partial charge in [0.1, 0.15) is 11.2 Å². The summed E-state index contributed by atoms with van der Waals surface area (Å²) in [6.07, 6.45) is 0.363. The van der Waals surface area contributed by atoms with Gasteiger partial charge in [0.15, 0.2) is 0 Å². The summed E-state index contributed by atoms with van der Waals surface area (Å²) in [5, 5.41) is 11.6. The van der Waals surface area contributed by atoms with Gasteiger partial charge in [-0.3, -0.25) is 4.79 Å². The first kappa shape index (κ1) is 13.5. The zero-order valence-electron chi connectivity index (χ0n) is 9.55. The van der Waals surface area contributed by atoms with Gasteiger partial charge in [0.2, 0.25) is 5.91 Å². The zero-order valence-corrected chi connectivity index (χ0v) is 10.3. The first-order valence-electron chi connectivity index (χ1n) is 5.10. The van der Waals surface area contributed by atoms with E-state index in [1.807, 2.05) is 6.07 Å². The Kier molecular flexibility index (Phi) is 4.08. The number of halogens is 2. The van der Waals surface area contributed by atoms with Crippen LogP contribution in [0, 0.1) is 22.6 Å². The standard InChI is InChI=1S/C12H12ClFN2O/c1-3-12(2,7-15)11(17)16-10-6-8(14)4-5-9(10)13/h4-6H,3H2,1-2H3,(H,16,17). The molecule has 1 atom stereocenters. The molecule has 17 heavy (non-hydrogen) atoms. The van der Waals surface area contributed by atoms with Gasteiger partial charge in [-0.2, -0.15) is 5.26 Å². The van der Waals surface area contributed by atoms with Crippen molar-refractivity contribution in [2.75, 3.05) is 5.32 Å². The van der Waals surface area contributed by atoms with E-state index in [0.717, 1.165) is 6.07 Å². The molecule has 1 N–H and O–H groups in total. The Hall–Kier alpha value is -1.60. The Morgan fingerprint density at radius 1 is 1.65 bits per heavy atom. The highest BCUT2D eigenvalue weighted by Gasteiger charge is 2.31. The van der Waals surface area contributed by atoms with Crippen molar-refractivity contribution < 1.29 is 9.18 Å². The van der Waals surface area contributed by atoms with Crippen molar-refractivity contribution >= 4 is 23.2 Å². The molecule has 0 fully saturated rings. The normalized spacial score (nSPS) is 13.6. The Morgan fingerprint density at radius 2 is 2.29 bits per heavy atom. The van der Waals surface area contributed by atoms with Crippen LogP contribution in [0.15, 0.2) is 18.2 Å². The van der Waals surface area contributed by atoms with Crippen LogP contribution >= 0.6 is 11.6 Å². The Morgan fingerprint density at radius 3 is 2.82 bits per heavy atom. The van der Waals surface area contributed by atoms with Gasteiger partial charge in [-0.25, -0.2) is 4.39 Å². The second-order valence-corrected chi connectivity index (χ2v) is 4.28. The van der Waals surface area contributed by atoms with Gasteiger partial charge in [-0.15, -0.1) is 0 Å². The van der Waals surface area contributed by atoms with Crippen LogP contribution in [-0.2, 0) is 4.79 Å². The van der Waals surface area contributed by atoms with Crippen LogP contribution in [0.25, 0.3) is 0 Å². The summed E-state index contributed by atoms with van der Waals surface area (Å²) in [5.41, 5.74) is -0.970. The highest BCUT2D eigenvalue weighted by molar-refractivity contribution is 6.33. The van der Waals surface area contributed by atoms with Gasteiger partial charge < -0.3 is 5.32 Å². The molecule has 1 aromatic carbocycles. The smallest absolute Gasteiger partial charge is 0.244 e. The molecule has 0 aliphatic heterocycles. The first-order chi connectivity index (χ1) is 7.92. The van der Waals surface area contributed by atoms with Crippen LogP contribution in [0.1, 0.15) is 20.3 Å². The van der Waals surface area contributed by atoms with Crippen LogP contribution in [0.4, 0.5) is 10.1 Å². The Bertz CT molecular complexity index is 484. The first-order valence-corrected chi connectivity index (χ1v) is 5.48. The third-order valence-electron chi connectivity index (χ3n) is 2.63. The maximum Gasteiger partial charge on any atom is 0.244 e. The van der Waals surface area contributed by atoms with Gasteiger partial charge in [-0.1, -0.05) is 18.5 Å². The molecule has 0 radical (unpaired) electrons. The van der Waals surface area contributed by atoms with E-state index in [-0.39, 0.29) is 10.7 Å². The molecule has 0 aromatic heterocycles. The van der Waals surface area contributed by atoms with Gasteiger partial charge in [0.05, 0.1) is 16.8 Å². The van der Waals surface area contributed by atoms with Crippen molar-refractivity contribution in [3.63, 3.8) is 0 Å². The number of nitrogens with one attached hydrogen (secondary N) is 1. The predicted molar refractivity (Wildman–Crippen MR) is 64.1 cm³/mol. The van der Waals surface area contributed by atoms with Gasteiger partial charge in [-0.05, 0) is 31.5 Å².